The zero-order valence-corrected chi connectivity index (χ0v) is 23.6. The minimum absolute atomic E-state index is 0.0535. The molecule has 2 aromatic carbocycles. The molecule has 1 N–H and O–H groups in total. The van der Waals surface area contributed by atoms with Gasteiger partial charge in [0.05, 0.1) is 9.79 Å². The molecule has 1 atom stereocenters. The van der Waals surface area contributed by atoms with Crippen LogP contribution in [0.15, 0.2) is 67.4 Å². The summed E-state index contributed by atoms with van der Waals surface area (Å²) >= 11 is 0. The first-order chi connectivity index (χ1) is 19.0. The van der Waals surface area contributed by atoms with Gasteiger partial charge in [-0.1, -0.05) is 44.0 Å². The SMILES string of the molecule is CCC(CCCCCC(=O)CCc1cccc(S(=O)(=O)N=[N+]=[N-])c1)C(=O)NCc1cccc(S(=O)(=O)N=[N+]=[N-])c1. The predicted molar refractivity (Wildman–Crippen MR) is 148 cm³/mol. The van der Waals surface area contributed by atoms with Gasteiger partial charge in [0.15, 0.2) is 0 Å². The number of rotatable bonds is 17. The summed E-state index contributed by atoms with van der Waals surface area (Å²) in [6.07, 6.45) is 4.50. The smallest absolute Gasteiger partial charge is 0.264 e. The van der Waals surface area contributed by atoms with Crippen molar-refractivity contribution in [1.29, 1.82) is 0 Å². The van der Waals surface area contributed by atoms with Gasteiger partial charge in [0, 0.05) is 44.2 Å². The van der Waals surface area contributed by atoms with E-state index >= 15 is 0 Å². The molecule has 1 amide bonds. The molecule has 0 saturated heterocycles. The van der Waals surface area contributed by atoms with E-state index in [-0.39, 0.29) is 40.4 Å². The van der Waals surface area contributed by atoms with Crippen molar-refractivity contribution in [2.75, 3.05) is 0 Å². The van der Waals surface area contributed by atoms with Gasteiger partial charge in [0.25, 0.3) is 20.0 Å². The number of azide groups is 2. The van der Waals surface area contributed by atoms with Crippen LogP contribution in [0.2, 0.25) is 0 Å². The van der Waals surface area contributed by atoms with Crippen LogP contribution in [0.1, 0.15) is 63.0 Å². The molecule has 0 aromatic heterocycles. The lowest BCUT2D eigenvalue weighted by atomic mass is 9.96. The van der Waals surface area contributed by atoms with Crippen LogP contribution < -0.4 is 5.32 Å². The molecule has 1 unspecified atom stereocenters. The molecule has 0 saturated carbocycles. The molecule has 0 radical (unpaired) electrons. The van der Waals surface area contributed by atoms with Crippen LogP contribution >= 0.6 is 0 Å². The van der Waals surface area contributed by atoms with Crippen LogP contribution in [0.3, 0.4) is 0 Å². The topological polar surface area (TPSA) is 212 Å². The Morgan fingerprint density at radius 2 is 1.43 bits per heavy atom. The summed E-state index contributed by atoms with van der Waals surface area (Å²) in [5.41, 5.74) is 18.0. The summed E-state index contributed by atoms with van der Waals surface area (Å²) in [4.78, 5) is 29.3. The van der Waals surface area contributed by atoms with Crippen LogP contribution in [0.25, 0.3) is 20.9 Å². The molecular weight excluding hydrogens is 558 g/mol. The molecule has 13 nitrogen and oxygen atoms in total. The number of nitrogens with zero attached hydrogens (tertiary/aromatic N) is 6. The number of carbonyl (C=O) groups excluding carboxylic acids is 2. The highest BCUT2D eigenvalue weighted by molar-refractivity contribution is 7.90. The quantitative estimate of drug-likeness (QED) is 0.109. The van der Waals surface area contributed by atoms with E-state index in [9.17, 15) is 26.4 Å². The standard InChI is InChI=1S/C25H31N7O6S2/c1-2-21(25(34)28-18-20-9-7-13-24(17-20)40(37,38)32-30-27)10-4-3-5-11-22(33)15-14-19-8-6-12-23(16-19)39(35,36)31-29-26/h6-9,12-13,16-17,21H,2-5,10-11,14-15,18H2,1H3,(H,28,34). The number of carbonyl (C=O) groups is 2. The van der Waals surface area contributed by atoms with Crippen molar-refractivity contribution in [3.05, 3.63) is 80.5 Å². The van der Waals surface area contributed by atoms with Gasteiger partial charge in [-0.3, -0.25) is 9.59 Å². The summed E-state index contributed by atoms with van der Waals surface area (Å²) in [7, 11) is -8.18. The zero-order valence-electron chi connectivity index (χ0n) is 22.0. The van der Waals surface area contributed by atoms with E-state index in [1.165, 1.54) is 36.4 Å². The Labute approximate surface area is 233 Å². The van der Waals surface area contributed by atoms with Crippen LogP contribution in [0, 0.1) is 5.92 Å². The van der Waals surface area contributed by atoms with E-state index in [0.29, 0.717) is 43.2 Å². The largest absolute Gasteiger partial charge is 0.352 e. The van der Waals surface area contributed by atoms with Gasteiger partial charge in [-0.15, -0.1) is 0 Å². The van der Waals surface area contributed by atoms with Crippen molar-refractivity contribution in [2.24, 2.45) is 15.0 Å². The Morgan fingerprint density at radius 1 is 0.850 bits per heavy atom. The van der Waals surface area contributed by atoms with Crippen LogP contribution in [-0.2, 0) is 42.6 Å². The Bertz CT molecular complexity index is 1510. The maximum atomic E-state index is 12.6. The van der Waals surface area contributed by atoms with Gasteiger partial charge in [-0.05, 0) is 72.1 Å². The summed E-state index contributed by atoms with van der Waals surface area (Å²) in [5, 5.41) is 2.82. The summed E-state index contributed by atoms with van der Waals surface area (Å²) < 4.78 is 53.1. The average Bonchev–Trinajstić information content (AvgIpc) is 2.93. The summed E-state index contributed by atoms with van der Waals surface area (Å²) in [6, 6.07) is 11.8. The molecule has 0 spiro atoms. The molecule has 0 aliphatic heterocycles. The van der Waals surface area contributed by atoms with E-state index in [2.05, 4.69) is 24.2 Å². The number of aryl methyl sites for hydroxylation is 1. The number of benzene rings is 2. The van der Waals surface area contributed by atoms with Gasteiger partial charge < -0.3 is 5.32 Å². The van der Waals surface area contributed by atoms with Crippen LogP contribution in [-0.4, -0.2) is 28.5 Å². The number of sulfonamides is 2. The molecule has 0 aliphatic rings. The van der Waals surface area contributed by atoms with Gasteiger partial charge >= 0.3 is 0 Å². The number of unbranched alkanes of at least 4 members (excludes halogenated alkanes) is 2. The Balaban J connectivity index is 1.73. The maximum absolute atomic E-state index is 12.6. The number of amides is 1. The molecule has 214 valence electrons. The monoisotopic (exact) mass is 589 g/mol. The molecule has 0 aliphatic carbocycles. The number of hydrogen-bond acceptors (Lipinski definition) is 6. The molecule has 2 aromatic rings. The number of nitrogens with one attached hydrogen (secondary N) is 1. The first-order valence-electron chi connectivity index (χ1n) is 12.6. The summed E-state index contributed by atoms with van der Waals surface area (Å²) in [6.45, 7) is 2.04. The first-order valence-corrected chi connectivity index (χ1v) is 15.5. The van der Waals surface area contributed by atoms with Gasteiger partial charge in [-0.2, -0.15) is 0 Å². The van der Waals surface area contributed by atoms with Crippen LogP contribution in [0.4, 0.5) is 0 Å². The maximum Gasteiger partial charge on any atom is 0.264 e. The van der Waals surface area contributed by atoms with E-state index in [1.807, 2.05) is 6.92 Å². The highest BCUT2D eigenvalue weighted by Gasteiger charge is 2.17. The third-order valence-corrected chi connectivity index (χ3v) is 8.49. The molecule has 2 rings (SSSR count). The second-order valence-electron chi connectivity index (χ2n) is 9.05. The molecule has 0 heterocycles. The molecule has 0 bridgehead atoms. The Morgan fingerprint density at radius 3 is 2.00 bits per heavy atom. The van der Waals surface area contributed by atoms with E-state index in [1.54, 1.807) is 12.1 Å². The Kier molecular flexibility index (Phi) is 12.6. The number of ketones is 1. The second-order valence-corrected chi connectivity index (χ2v) is 12.2. The Hall–Kier alpha value is -3.90. The number of Topliss-reactive ketones (excluding diaryl/α,β-unsaturated/α-hetero) is 1. The molecule has 15 heteroatoms. The minimum atomic E-state index is -4.11. The van der Waals surface area contributed by atoms with E-state index in [0.717, 1.165) is 12.8 Å². The minimum Gasteiger partial charge on any atom is -0.352 e. The second kappa shape index (κ2) is 15.6. The van der Waals surface area contributed by atoms with Crippen LogP contribution in [0.5, 0.6) is 0 Å². The third-order valence-electron chi connectivity index (χ3n) is 6.21. The number of hydrogen-bond donors (Lipinski definition) is 1. The fourth-order valence-electron chi connectivity index (χ4n) is 4.02. The van der Waals surface area contributed by atoms with Gasteiger partial charge in [0.1, 0.15) is 5.78 Å². The molecule has 0 fully saturated rings. The highest BCUT2D eigenvalue weighted by Crippen LogP contribution is 2.19. The predicted octanol–water partition coefficient (Wildman–Crippen LogP) is 5.48. The van der Waals surface area contributed by atoms with Crippen molar-refractivity contribution < 1.29 is 26.4 Å². The molecular formula is C25H31N7O6S2. The van der Waals surface area contributed by atoms with Crippen molar-refractivity contribution in [1.82, 2.24) is 5.32 Å². The van der Waals surface area contributed by atoms with Crippen molar-refractivity contribution >= 4 is 31.7 Å². The first kappa shape index (κ1) is 32.3. The highest BCUT2D eigenvalue weighted by atomic mass is 32.2. The van der Waals surface area contributed by atoms with Crippen molar-refractivity contribution in [3.8, 4) is 0 Å². The lowest BCUT2D eigenvalue weighted by molar-refractivity contribution is -0.125. The van der Waals surface area contributed by atoms with Crippen molar-refractivity contribution in [3.63, 3.8) is 0 Å². The zero-order chi connectivity index (χ0) is 29.6. The summed E-state index contributed by atoms with van der Waals surface area (Å²) in [5.74, 6) is -0.316. The lowest BCUT2D eigenvalue weighted by Crippen LogP contribution is -2.30. The van der Waals surface area contributed by atoms with E-state index < -0.39 is 20.0 Å². The normalized spacial score (nSPS) is 12.0. The molecule has 40 heavy (non-hydrogen) atoms. The lowest BCUT2D eigenvalue weighted by Gasteiger charge is -2.15. The van der Waals surface area contributed by atoms with Crippen molar-refractivity contribution in [2.45, 2.75) is 74.6 Å². The third kappa shape index (κ3) is 10.3. The van der Waals surface area contributed by atoms with Gasteiger partial charge in [0.2, 0.25) is 5.91 Å². The average molecular weight is 590 g/mol. The fourth-order valence-corrected chi connectivity index (χ4v) is 5.50. The fraction of sp³-hybridized carbons (Fsp3) is 0.440. The van der Waals surface area contributed by atoms with E-state index in [4.69, 9.17) is 11.1 Å². The van der Waals surface area contributed by atoms with Gasteiger partial charge in [-0.25, -0.2) is 16.8 Å².